The topological polar surface area (TPSA) is 40.5 Å². The quantitative estimate of drug-likeness (QED) is 0.626. The van der Waals surface area contributed by atoms with Gasteiger partial charge in [0.2, 0.25) is 0 Å². The monoisotopic (exact) mass is 204 g/mol. The first-order valence-corrected chi connectivity index (χ1v) is 5.90. The minimum atomic E-state index is 0.306. The molecule has 0 aliphatic rings. The van der Waals surface area contributed by atoms with Crippen molar-refractivity contribution in [3.8, 4) is 0 Å². The van der Waals surface area contributed by atoms with Gasteiger partial charge >= 0.3 is 0 Å². The Hall–Kier alpha value is -0.0800. The summed E-state index contributed by atoms with van der Waals surface area (Å²) in [5, 5.41) is 16.6. The molecular formula is C12H28O2. The third kappa shape index (κ3) is 22.7. The average molecular weight is 204 g/mol. The van der Waals surface area contributed by atoms with E-state index in [4.69, 9.17) is 10.2 Å². The molecule has 0 spiro atoms. The van der Waals surface area contributed by atoms with Gasteiger partial charge in [0.1, 0.15) is 0 Å². The molecule has 0 aliphatic heterocycles. The molecule has 2 heteroatoms. The average Bonchev–Trinajstić information content (AvgIpc) is 2.19. The molecule has 0 saturated carbocycles. The number of hydrogen-bond acceptors (Lipinski definition) is 2. The molecule has 0 aromatic rings. The van der Waals surface area contributed by atoms with Gasteiger partial charge in [-0.3, -0.25) is 0 Å². The fourth-order valence-corrected chi connectivity index (χ4v) is 0.892. The van der Waals surface area contributed by atoms with E-state index in [1.165, 1.54) is 32.1 Å². The van der Waals surface area contributed by atoms with Crippen molar-refractivity contribution in [2.24, 2.45) is 5.92 Å². The van der Waals surface area contributed by atoms with E-state index in [-0.39, 0.29) is 0 Å². The van der Waals surface area contributed by atoms with Crippen LogP contribution in [0.3, 0.4) is 0 Å². The van der Waals surface area contributed by atoms with Gasteiger partial charge in [-0.2, -0.15) is 0 Å². The summed E-state index contributed by atoms with van der Waals surface area (Å²) in [6.07, 6.45) is 7.50. The third-order valence-electron chi connectivity index (χ3n) is 1.88. The summed E-state index contributed by atoms with van der Waals surface area (Å²) in [6, 6.07) is 0. The van der Waals surface area contributed by atoms with Gasteiger partial charge in [-0.05, 0) is 12.3 Å². The zero-order valence-electron chi connectivity index (χ0n) is 10.1. The van der Waals surface area contributed by atoms with Crippen molar-refractivity contribution in [3.05, 3.63) is 0 Å². The Morgan fingerprint density at radius 2 is 1.29 bits per heavy atom. The molecule has 0 unspecified atom stereocenters. The molecule has 2 N–H and O–H groups in total. The lowest BCUT2D eigenvalue weighted by molar-refractivity contribution is 0.248. The molecule has 0 amide bonds. The molecular weight excluding hydrogens is 176 g/mol. The maximum Gasteiger partial charge on any atom is 0.0453 e. The van der Waals surface area contributed by atoms with Crippen LogP contribution in [0.4, 0.5) is 0 Å². The first-order chi connectivity index (χ1) is 6.68. The number of unbranched alkanes of at least 4 members (excludes halogenated alkanes) is 5. The molecule has 0 aromatic heterocycles. The highest BCUT2D eigenvalue weighted by molar-refractivity contribution is 4.41. The Bertz CT molecular complexity index is 76.4. The molecule has 88 valence electrons. The van der Waals surface area contributed by atoms with Gasteiger partial charge in [0.25, 0.3) is 0 Å². The molecule has 0 heterocycles. The molecule has 0 fully saturated rings. The maximum atomic E-state index is 8.42. The van der Waals surface area contributed by atoms with Crippen LogP contribution >= 0.6 is 0 Å². The minimum Gasteiger partial charge on any atom is -0.396 e. The van der Waals surface area contributed by atoms with Gasteiger partial charge in [0, 0.05) is 13.2 Å². The Morgan fingerprint density at radius 1 is 0.857 bits per heavy atom. The predicted octanol–water partition coefficient (Wildman–Crippen LogP) is 2.97. The van der Waals surface area contributed by atoms with Crippen LogP contribution in [0.25, 0.3) is 0 Å². The molecule has 0 atom stereocenters. The van der Waals surface area contributed by atoms with Crippen LogP contribution in [-0.2, 0) is 0 Å². The fourth-order valence-electron chi connectivity index (χ4n) is 0.892. The summed E-state index contributed by atoms with van der Waals surface area (Å²) < 4.78 is 0. The highest BCUT2D eigenvalue weighted by Crippen LogP contribution is 2.03. The SMILES string of the molecule is CC(C)CO.CCCCCCCCO. The molecule has 0 rings (SSSR count). The van der Waals surface area contributed by atoms with Crippen LogP contribution in [0, 0.1) is 5.92 Å². The fraction of sp³-hybridized carbons (Fsp3) is 1.00. The van der Waals surface area contributed by atoms with E-state index >= 15 is 0 Å². The summed E-state index contributed by atoms with van der Waals surface area (Å²) in [4.78, 5) is 0. The van der Waals surface area contributed by atoms with Crippen LogP contribution in [0.15, 0.2) is 0 Å². The zero-order valence-corrected chi connectivity index (χ0v) is 10.1. The largest absolute Gasteiger partial charge is 0.396 e. The Morgan fingerprint density at radius 3 is 1.64 bits per heavy atom. The summed E-state index contributed by atoms with van der Waals surface area (Å²) >= 11 is 0. The lowest BCUT2D eigenvalue weighted by Gasteiger charge is -1.95. The maximum absolute atomic E-state index is 8.42. The van der Waals surface area contributed by atoms with E-state index in [0.717, 1.165) is 6.42 Å². The minimum absolute atomic E-state index is 0.306. The number of aliphatic hydroxyl groups is 2. The highest BCUT2D eigenvalue weighted by Gasteiger charge is 1.86. The molecule has 0 aromatic carbocycles. The van der Waals surface area contributed by atoms with Crippen molar-refractivity contribution in [2.75, 3.05) is 13.2 Å². The number of aliphatic hydroxyl groups excluding tert-OH is 2. The molecule has 0 aliphatic carbocycles. The molecule has 0 bridgehead atoms. The van der Waals surface area contributed by atoms with E-state index < -0.39 is 0 Å². The Kier molecular flexibility index (Phi) is 18.0. The van der Waals surface area contributed by atoms with Crippen LogP contribution in [0.1, 0.15) is 59.3 Å². The predicted molar refractivity (Wildman–Crippen MR) is 62.4 cm³/mol. The van der Waals surface area contributed by atoms with E-state index in [0.29, 0.717) is 19.1 Å². The van der Waals surface area contributed by atoms with Crippen molar-refractivity contribution >= 4 is 0 Å². The first kappa shape index (κ1) is 16.4. The summed E-state index contributed by atoms with van der Waals surface area (Å²) in [5.74, 6) is 0.440. The second kappa shape index (κ2) is 15.4. The van der Waals surface area contributed by atoms with Gasteiger partial charge < -0.3 is 10.2 Å². The zero-order chi connectivity index (χ0) is 11.2. The first-order valence-electron chi connectivity index (χ1n) is 5.90. The van der Waals surface area contributed by atoms with Gasteiger partial charge in [0.05, 0.1) is 0 Å². The Labute approximate surface area is 89.3 Å². The smallest absolute Gasteiger partial charge is 0.0453 e. The standard InChI is InChI=1S/C8H18O.C4H10O/c1-2-3-4-5-6-7-8-9;1-4(2)3-5/h9H,2-8H2,1H3;4-5H,3H2,1-2H3. The number of hydrogen-bond donors (Lipinski definition) is 2. The van der Waals surface area contributed by atoms with Crippen LogP contribution in [0.5, 0.6) is 0 Å². The van der Waals surface area contributed by atoms with Gasteiger partial charge in [-0.25, -0.2) is 0 Å². The molecule has 14 heavy (non-hydrogen) atoms. The Balaban J connectivity index is 0. The summed E-state index contributed by atoms with van der Waals surface area (Å²) in [5.41, 5.74) is 0. The van der Waals surface area contributed by atoms with E-state index in [1.54, 1.807) is 0 Å². The van der Waals surface area contributed by atoms with Gasteiger partial charge in [0.15, 0.2) is 0 Å². The second-order valence-corrected chi connectivity index (χ2v) is 4.07. The summed E-state index contributed by atoms with van der Waals surface area (Å²) in [7, 11) is 0. The van der Waals surface area contributed by atoms with Crippen LogP contribution < -0.4 is 0 Å². The van der Waals surface area contributed by atoms with Crippen molar-refractivity contribution in [3.63, 3.8) is 0 Å². The van der Waals surface area contributed by atoms with Crippen LogP contribution in [0.2, 0.25) is 0 Å². The van der Waals surface area contributed by atoms with Crippen molar-refractivity contribution in [1.82, 2.24) is 0 Å². The summed E-state index contributed by atoms with van der Waals surface area (Å²) in [6.45, 7) is 6.83. The number of rotatable bonds is 7. The molecule has 0 radical (unpaired) electrons. The van der Waals surface area contributed by atoms with Gasteiger partial charge in [-0.15, -0.1) is 0 Å². The van der Waals surface area contributed by atoms with Gasteiger partial charge in [-0.1, -0.05) is 52.9 Å². The third-order valence-corrected chi connectivity index (χ3v) is 1.88. The second-order valence-electron chi connectivity index (χ2n) is 4.07. The molecule has 0 saturated heterocycles. The molecule has 2 nitrogen and oxygen atoms in total. The lowest BCUT2D eigenvalue weighted by atomic mass is 10.1. The van der Waals surface area contributed by atoms with E-state index in [2.05, 4.69) is 6.92 Å². The van der Waals surface area contributed by atoms with Crippen molar-refractivity contribution in [1.29, 1.82) is 0 Å². The van der Waals surface area contributed by atoms with E-state index in [9.17, 15) is 0 Å². The van der Waals surface area contributed by atoms with Crippen molar-refractivity contribution in [2.45, 2.75) is 59.3 Å². The van der Waals surface area contributed by atoms with Crippen molar-refractivity contribution < 1.29 is 10.2 Å². The van der Waals surface area contributed by atoms with E-state index in [1.807, 2.05) is 13.8 Å². The highest BCUT2D eigenvalue weighted by atomic mass is 16.3. The normalized spacial score (nSPS) is 9.86. The van der Waals surface area contributed by atoms with Crippen LogP contribution in [-0.4, -0.2) is 23.4 Å². The lowest BCUT2D eigenvalue weighted by Crippen LogP contribution is -1.90.